The Morgan fingerprint density at radius 1 is 1.11 bits per heavy atom. The van der Waals surface area contributed by atoms with E-state index in [2.05, 4.69) is 59.1 Å². The Balaban J connectivity index is 2.50. The summed E-state index contributed by atoms with van der Waals surface area (Å²) >= 11 is 0. The van der Waals surface area contributed by atoms with E-state index in [0.717, 1.165) is 12.8 Å². The molecule has 0 atom stereocenters. The Bertz CT molecular complexity index is 310. The van der Waals surface area contributed by atoms with Gasteiger partial charge >= 0.3 is 0 Å². The lowest BCUT2D eigenvalue weighted by atomic mass is 9.63. The molecule has 0 saturated heterocycles. The van der Waals surface area contributed by atoms with Crippen molar-refractivity contribution in [3.8, 4) is 0 Å². The van der Waals surface area contributed by atoms with E-state index in [0.29, 0.717) is 23.4 Å². The van der Waals surface area contributed by atoms with Crippen molar-refractivity contribution >= 4 is 5.91 Å². The second-order valence-corrected chi connectivity index (χ2v) is 8.78. The van der Waals surface area contributed by atoms with Gasteiger partial charge in [0.1, 0.15) is 0 Å². The first-order valence-corrected chi connectivity index (χ1v) is 7.43. The highest BCUT2D eigenvalue weighted by Gasteiger charge is 2.38. The van der Waals surface area contributed by atoms with Crippen LogP contribution >= 0.6 is 0 Å². The third-order valence-electron chi connectivity index (χ3n) is 3.70. The molecule has 0 aromatic carbocycles. The monoisotopic (exact) mass is 268 g/mol. The van der Waals surface area contributed by atoms with E-state index < -0.39 is 0 Å². The van der Waals surface area contributed by atoms with Crippen LogP contribution in [0.2, 0.25) is 0 Å². The summed E-state index contributed by atoms with van der Waals surface area (Å²) in [5.74, 6) is 0.119. The van der Waals surface area contributed by atoms with Crippen molar-refractivity contribution in [3.05, 3.63) is 0 Å². The van der Waals surface area contributed by atoms with Gasteiger partial charge < -0.3 is 10.6 Å². The average Bonchev–Trinajstić information content (AvgIpc) is 2.07. The summed E-state index contributed by atoms with van der Waals surface area (Å²) < 4.78 is 0. The van der Waals surface area contributed by atoms with Crippen molar-refractivity contribution < 1.29 is 4.79 Å². The minimum Gasteiger partial charge on any atom is -0.352 e. The fourth-order valence-corrected chi connectivity index (χ4v) is 3.57. The Labute approximate surface area is 118 Å². The van der Waals surface area contributed by atoms with Crippen LogP contribution in [0.25, 0.3) is 0 Å². The Kier molecular flexibility index (Phi) is 4.71. The van der Waals surface area contributed by atoms with E-state index in [-0.39, 0.29) is 11.4 Å². The summed E-state index contributed by atoms with van der Waals surface area (Å²) in [7, 11) is 0. The number of rotatable bonds is 3. The molecule has 0 aromatic rings. The van der Waals surface area contributed by atoms with Crippen molar-refractivity contribution in [2.45, 2.75) is 79.3 Å². The van der Waals surface area contributed by atoms with Gasteiger partial charge in [0.25, 0.3) is 0 Å². The summed E-state index contributed by atoms with van der Waals surface area (Å²) in [5, 5.41) is 6.44. The third kappa shape index (κ3) is 6.42. The molecule has 0 aliphatic heterocycles. The van der Waals surface area contributed by atoms with Gasteiger partial charge in [-0.05, 0) is 50.9 Å². The molecular weight excluding hydrogens is 236 g/mol. The van der Waals surface area contributed by atoms with Gasteiger partial charge in [0.2, 0.25) is 5.91 Å². The molecule has 0 heterocycles. The molecule has 0 bridgehead atoms. The molecule has 1 aliphatic carbocycles. The molecule has 3 nitrogen and oxygen atoms in total. The lowest BCUT2D eigenvalue weighted by molar-refractivity contribution is -0.122. The van der Waals surface area contributed by atoms with Crippen LogP contribution in [-0.2, 0) is 4.79 Å². The van der Waals surface area contributed by atoms with Crippen LogP contribution in [0.15, 0.2) is 0 Å². The van der Waals surface area contributed by atoms with Crippen LogP contribution in [0, 0.1) is 10.8 Å². The molecule has 3 heteroatoms. The van der Waals surface area contributed by atoms with Crippen LogP contribution in [0.5, 0.6) is 0 Å². The highest BCUT2D eigenvalue weighted by Crippen LogP contribution is 2.45. The fourth-order valence-electron chi connectivity index (χ4n) is 3.57. The lowest BCUT2D eigenvalue weighted by Gasteiger charge is -2.45. The van der Waals surface area contributed by atoms with Crippen molar-refractivity contribution in [1.29, 1.82) is 0 Å². The number of nitrogens with one attached hydrogen (secondary N) is 2. The zero-order valence-corrected chi connectivity index (χ0v) is 13.8. The van der Waals surface area contributed by atoms with Crippen molar-refractivity contribution in [2.24, 2.45) is 10.8 Å². The second kappa shape index (κ2) is 5.43. The smallest absolute Gasteiger partial charge is 0.234 e. The number of carbonyl (C=O) groups is 1. The quantitative estimate of drug-likeness (QED) is 0.826. The van der Waals surface area contributed by atoms with Gasteiger partial charge in [-0.3, -0.25) is 4.79 Å². The first-order chi connectivity index (χ1) is 8.39. The molecule has 1 saturated carbocycles. The molecular formula is C16H32N2O. The normalized spacial score (nSPS) is 23.1. The van der Waals surface area contributed by atoms with Crippen molar-refractivity contribution in [3.63, 3.8) is 0 Å². The molecule has 0 spiro atoms. The van der Waals surface area contributed by atoms with E-state index in [1.165, 1.54) is 6.42 Å². The minimum absolute atomic E-state index is 0.0115. The second-order valence-electron chi connectivity index (χ2n) is 8.78. The Hall–Kier alpha value is -0.570. The first kappa shape index (κ1) is 16.5. The molecule has 0 radical (unpaired) electrons. The first-order valence-electron chi connectivity index (χ1n) is 7.43. The van der Waals surface area contributed by atoms with E-state index in [9.17, 15) is 4.79 Å². The van der Waals surface area contributed by atoms with E-state index in [1.807, 2.05) is 0 Å². The van der Waals surface area contributed by atoms with Gasteiger partial charge in [-0.15, -0.1) is 0 Å². The summed E-state index contributed by atoms with van der Waals surface area (Å²) in [6, 6.07) is 0.313. The number of hydrogen-bond donors (Lipinski definition) is 2. The van der Waals surface area contributed by atoms with Crippen LogP contribution in [-0.4, -0.2) is 24.0 Å². The standard InChI is InChI=1S/C16H32N2O/c1-14(2,3)17-10-13(19)18-12-8-15(4,5)11-16(6,7)9-12/h12,17H,8-11H2,1-7H3,(H,18,19). The largest absolute Gasteiger partial charge is 0.352 e. The number of carbonyl (C=O) groups excluding carboxylic acids is 1. The Morgan fingerprint density at radius 3 is 2.00 bits per heavy atom. The maximum absolute atomic E-state index is 12.0. The molecule has 1 fully saturated rings. The molecule has 2 N–H and O–H groups in total. The van der Waals surface area contributed by atoms with E-state index in [4.69, 9.17) is 0 Å². The van der Waals surface area contributed by atoms with Crippen LogP contribution in [0.1, 0.15) is 67.7 Å². The average molecular weight is 268 g/mol. The van der Waals surface area contributed by atoms with Gasteiger partial charge in [0.05, 0.1) is 6.54 Å². The SMILES string of the molecule is CC1(C)CC(NC(=O)CNC(C)(C)C)CC(C)(C)C1. The lowest BCUT2D eigenvalue weighted by Crippen LogP contribution is -2.50. The topological polar surface area (TPSA) is 41.1 Å². The summed E-state index contributed by atoms with van der Waals surface area (Å²) in [4.78, 5) is 12.0. The number of amides is 1. The Morgan fingerprint density at radius 2 is 1.58 bits per heavy atom. The van der Waals surface area contributed by atoms with Crippen LogP contribution in [0.3, 0.4) is 0 Å². The predicted molar refractivity (Wildman–Crippen MR) is 81.1 cm³/mol. The van der Waals surface area contributed by atoms with Gasteiger partial charge in [-0.1, -0.05) is 27.7 Å². The molecule has 1 rings (SSSR count). The third-order valence-corrected chi connectivity index (χ3v) is 3.70. The molecule has 0 aromatic heterocycles. The maximum atomic E-state index is 12.0. The maximum Gasteiger partial charge on any atom is 0.234 e. The summed E-state index contributed by atoms with van der Waals surface area (Å²) in [6.07, 6.45) is 3.39. The van der Waals surface area contributed by atoms with Gasteiger partial charge in [-0.2, -0.15) is 0 Å². The zero-order chi connectivity index (χ0) is 14.9. The van der Waals surface area contributed by atoms with Gasteiger partial charge in [0.15, 0.2) is 0 Å². The predicted octanol–water partition coefficient (Wildman–Crippen LogP) is 3.10. The fraction of sp³-hybridized carbons (Fsp3) is 0.938. The molecule has 19 heavy (non-hydrogen) atoms. The molecule has 1 amide bonds. The molecule has 1 aliphatic rings. The molecule has 112 valence electrons. The zero-order valence-electron chi connectivity index (χ0n) is 13.8. The van der Waals surface area contributed by atoms with Gasteiger partial charge in [0, 0.05) is 11.6 Å². The van der Waals surface area contributed by atoms with Crippen molar-refractivity contribution in [2.75, 3.05) is 6.54 Å². The van der Waals surface area contributed by atoms with Crippen LogP contribution < -0.4 is 10.6 Å². The summed E-state index contributed by atoms with van der Waals surface area (Å²) in [6.45, 7) is 15.9. The number of hydrogen-bond acceptors (Lipinski definition) is 2. The molecule has 0 unspecified atom stereocenters. The minimum atomic E-state index is -0.0115. The van der Waals surface area contributed by atoms with E-state index in [1.54, 1.807) is 0 Å². The van der Waals surface area contributed by atoms with Gasteiger partial charge in [-0.25, -0.2) is 0 Å². The van der Waals surface area contributed by atoms with Crippen molar-refractivity contribution in [1.82, 2.24) is 10.6 Å². The highest BCUT2D eigenvalue weighted by molar-refractivity contribution is 5.78. The summed E-state index contributed by atoms with van der Waals surface area (Å²) in [5.41, 5.74) is 0.622. The van der Waals surface area contributed by atoms with E-state index >= 15 is 0 Å². The highest BCUT2D eigenvalue weighted by atomic mass is 16.2. The van der Waals surface area contributed by atoms with Crippen LogP contribution in [0.4, 0.5) is 0 Å².